The number of aliphatic imine (C=N–C) groups is 1. The summed E-state index contributed by atoms with van der Waals surface area (Å²) in [7, 11) is 0. The Kier molecular flexibility index (Phi) is 9.98. The van der Waals surface area contributed by atoms with Crippen LogP contribution in [-0.2, 0) is 32.0 Å². The lowest BCUT2D eigenvalue weighted by atomic mass is 10.0. The summed E-state index contributed by atoms with van der Waals surface area (Å²) in [6, 6.07) is 17.4. The Morgan fingerprint density at radius 3 is 2.24 bits per heavy atom. The van der Waals surface area contributed by atoms with Gasteiger partial charge >= 0.3 is 0 Å². The number of primary amides is 1. The van der Waals surface area contributed by atoms with Gasteiger partial charge in [-0.05, 0) is 48.2 Å². The number of nitrogens with two attached hydrogens (primary N) is 3. The van der Waals surface area contributed by atoms with Gasteiger partial charge in [-0.2, -0.15) is 4.99 Å². The highest BCUT2D eigenvalue weighted by molar-refractivity contribution is 5.99. The Morgan fingerprint density at radius 2 is 1.52 bits per heavy atom. The Labute approximate surface area is 242 Å². The molecule has 1 heterocycles. The summed E-state index contributed by atoms with van der Waals surface area (Å²) in [6.45, 7) is 0. The van der Waals surface area contributed by atoms with Gasteiger partial charge in [0.05, 0.1) is 6.04 Å². The molecule has 12 nitrogen and oxygen atoms in total. The maximum absolute atomic E-state index is 13.6. The quantitative estimate of drug-likeness (QED) is 0.143. The Balaban J connectivity index is 1.50. The van der Waals surface area contributed by atoms with Crippen LogP contribution >= 0.6 is 0 Å². The first-order valence-electron chi connectivity index (χ1n) is 13.5. The summed E-state index contributed by atoms with van der Waals surface area (Å²) >= 11 is 0. The molecule has 3 unspecified atom stereocenters. The molecule has 1 aliphatic rings. The number of nitrogens with one attached hydrogen (secondary N) is 3. The molecule has 4 rings (SSSR count). The molecule has 3 aromatic carbocycles. The number of carbonyl (C=O) groups excluding carboxylic acids is 4. The molecule has 12 heteroatoms. The summed E-state index contributed by atoms with van der Waals surface area (Å²) in [5.41, 5.74) is 15.1. The van der Waals surface area contributed by atoms with E-state index in [2.05, 4.69) is 20.9 Å². The van der Waals surface area contributed by atoms with Crippen molar-refractivity contribution in [3.63, 3.8) is 0 Å². The zero-order chi connectivity index (χ0) is 30.1. The van der Waals surface area contributed by atoms with Crippen LogP contribution in [0.2, 0.25) is 0 Å². The van der Waals surface area contributed by atoms with E-state index in [-0.39, 0.29) is 31.4 Å². The molecule has 218 valence electrons. The van der Waals surface area contributed by atoms with Crippen molar-refractivity contribution >= 4 is 47.0 Å². The number of fused-ring (bicyclic) bond motifs is 1. The number of hydrogen-bond acceptors (Lipinski definition) is 7. The van der Waals surface area contributed by atoms with Gasteiger partial charge in [-0.1, -0.05) is 42.5 Å². The van der Waals surface area contributed by atoms with E-state index in [1.807, 2.05) is 35.6 Å². The number of amides is 4. The second kappa shape index (κ2) is 14.0. The minimum atomic E-state index is -1.13. The number of nitrogens with zero attached hydrogens (tertiary/aromatic N) is 1. The highest BCUT2D eigenvalue weighted by atomic mass is 16.3. The van der Waals surface area contributed by atoms with Gasteiger partial charge in [0.1, 0.15) is 23.5 Å². The van der Waals surface area contributed by atoms with Crippen LogP contribution < -0.4 is 32.7 Å². The van der Waals surface area contributed by atoms with Gasteiger partial charge in [0.2, 0.25) is 23.6 Å². The van der Waals surface area contributed by atoms with Crippen molar-refractivity contribution in [1.29, 1.82) is 0 Å². The number of benzene rings is 3. The number of quaternary nitrogens is 1. The third kappa shape index (κ3) is 8.46. The lowest BCUT2D eigenvalue weighted by Gasteiger charge is -2.24. The van der Waals surface area contributed by atoms with Crippen LogP contribution in [0, 0.1) is 0 Å². The summed E-state index contributed by atoms with van der Waals surface area (Å²) in [6.07, 6.45) is 1.75. The largest absolute Gasteiger partial charge is 0.508 e. The molecule has 0 saturated carbocycles. The van der Waals surface area contributed by atoms with E-state index in [0.717, 1.165) is 11.3 Å². The molecule has 3 atom stereocenters. The van der Waals surface area contributed by atoms with Crippen LogP contribution in [0.5, 0.6) is 5.75 Å². The van der Waals surface area contributed by atoms with Crippen molar-refractivity contribution in [2.24, 2.45) is 16.5 Å². The average molecular weight is 573 g/mol. The zero-order valence-corrected chi connectivity index (χ0v) is 22.8. The third-order valence-electron chi connectivity index (χ3n) is 6.72. The highest BCUT2D eigenvalue weighted by Crippen LogP contribution is 2.26. The molecule has 0 radical (unpaired) electrons. The minimum Gasteiger partial charge on any atom is -0.508 e. The van der Waals surface area contributed by atoms with E-state index in [9.17, 15) is 24.3 Å². The lowest BCUT2D eigenvalue weighted by Crippen LogP contribution is -2.74. The van der Waals surface area contributed by atoms with Gasteiger partial charge < -0.3 is 32.5 Å². The fraction of sp³-hybridized carbons (Fsp3) is 0.233. The molecular formula is C30H34N7O5+. The topological polar surface area (TPSA) is 206 Å². The SMILES string of the molecule is NC(=O)CCC(NC(=O)C(Cc1ccc(O)cc1)NC(=O)C(N)Cc1ccccc1)C(=O)Nc1ccc2c(c1)N=C[NH2+]2. The smallest absolute Gasteiger partial charge is 0.246 e. The van der Waals surface area contributed by atoms with Crippen molar-refractivity contribution in [3.8, 4) is 5.75 Å². The molecule has 0 bridgehead atoms. The first kappa shape index (κ1) is 29.9. The molecule has 0 spiro atoms. The minimum absolute atomic E-state index is 0.0481. The van der Waals surface area contributed by atoms with E-state index >= 15 is 0 Å². The van der Waals surface area contributed by atoms with Crippen LogP contribution in [0.15, 0.2) is 77.8 Å². The van der Waals surface area contributed by atoms with Crippen molar-refractivity contribution < 1.29 is 29.6 Å². The molecular weight excluding hydrogens is 538 g/mol. The first-order valence-corrected chi connectivity index (χ1v) is 13.5. The van der Waals surface area contributed by atoms with E-state index in [4.69, 9.17) is 11.5 Å². The highest BCUT2D eigenvalue weighted by Gasteiger charge is 2.29. The van der Waals surface area contributed by atoms with Crippen molar-refractivity contribution in [1.82, 2.24) is 10.6 Å². The Morgan fingerprint density at radius 1 is 0.833 bits per heavy atom. The van der Waals surface area contributed by atoms with Crippen LogP contribution in [0.3, 0.4) is 0 Å². The van der Waals surface area contributed by atoms with Crippen LogP contribution in [-0.4, -0.2) is 53.2 Å². The zero-order valence-electron chi connectivity index (χ0n) is 22.8. The van der Waals surface area contributed by atoms with E-state index in [1.165, 1.54) is 12.1 Å². The summed E-state index contributed by atoms with van der Waals surface area (Å²) in [5, 5.41) is 19.6. The number of aromatic hydroxyl groups is 1. The summed E-state index contributed by atoms with van der Waals surface area (Å²) in [5.74, 6) is -2.35. The molecule has 0 aliphatic carbocycles. The first-order chi connectivity index (χ1) is 20.2. The number of phenolic OH excluding ortho intramolecular Hbond substituents is 1. The monoisotopic (exact) mass is 572 g/mol. The number of carbonyl (C=O) groups is 4. The predicted molar refractivity (Wildman–Crippen MR) is 157 cm³/mol. The number of phenols is 1. The summed E-state index contributed by atoms with van der Waals surface area (Å²) < 4.78 is 0. The van der Waals surface area contributed by atoms with Gasteiger partial charge in [0.15, 0.2) is 12.0 Å². The third-order valence-corrected chi connectivity index (χ3v) is 6.72. The second-order valence-electron chi connectivity index (χ2n) is 10.0. The van der Waals surface area contributed by atoms with Gasteiger partial charge in [-0.15, -0.1) is 0 Å². The van der Waals surface area contributed by atoms with E-state index in [1.54, 1.807) is 36.7 Å². The van der Waals surface area contributed by atoms with Crippen molar-refractivity contribution in [2.75, 3.05) is 5.32 Å². The van der Waals surface area contributed by atoms with E-state index < -0.39 is 41.8 Å². The van der Waals surface area contributed by atoms with Gasteiger partial charge in [-0.25, -0.2) is 0 Å². The summed E-state index contributed by atoms with van der Waals surface area (Å²) in [4.78, 5) is 55.6. The number of hydrogen-bond donors (Lipinski definition) is 7. The fourth-order valence-electron chi connectivity index (χ4n) is 4.45. The van der Waals surface area contributed by atoms with Crippen LogP contribution in [0.4, 0.5) is 17.1 Å². The standard InChI is InChI=1S/C30H33N7O5/c31-22(14-18-4-2-1-3-5-18)28(40)37-26(15-19-6-9-21(38)10-7-19)30(42)36-24(12-13-27(32)39)29(41)35-20-8-11-23-25(16-20)34-17-33-23/h1-11,16-17,22,24,26,38H,12-15,31H2,(H2,32,39)(H,33,34)(H,35,41)(H,36,42)(H,37,40)/p+1. The Bertz CT molecular complexity index is 1460. The molecule has 4 amide bonds. The lowest BCUT2D eigenvalue weighted by molar-refractivity contribution is -0.427. The normalized spacial score (nSPS) is 13.8. The van der Waals surface area contributed by atoms with Gasteiger partial charge in [0.25, 0.3) is 0 Å². The maximum atomic E-state index is 13.6. The molecule has 0 fully saturated rings. The molecule has 3 aromatic rings. The van der Waals surface area contributed by atoms with Crippen LogP contribution in [0.1, 0.15) is 24.0 Å². The van der Waals surface area contributed by atoms with Crippen molar-refractivity contribution in [2.45, 2.75) is 43.8 Å². The second-order valence-corrected chi connectivity index (χ2v) is 10.0. The average Bonchev–Trinajstić information content (AvgIpc) is 3.44. The van der Waals surface area contributed by atoms with Crippen molar-refractivity contribution in [3.05, 3.63) is 83.9 Å². The molecule has 1 aliphatic heterocycles. The predicted octanol–water partition coefficient (Wildman–Crippen LogP) is 0.247. The number of anilines is 1. The Hall–Kier alpha value is -5.07. The fourth-order valence-corrected chi connectivity index (χ4v) is 4.45. The van der Waals surface area contributed by atoms with E-state index in [0.29, 0.717) is 16.9 Å². The van der Waals surface area contributed by atoms with Gasteiger partial charge in [0, 0.05) is 24.6 Å². The number of rotatable bonds is 13. The molecule has 0 saturated heterocycles. The maximum Gasteiger partial charge on any atom is 0.246 e. The molecule has 42 heavy (non-hydrogen) atoms. The molecule has 10 N–H and O–H groups in total. The molecule has 0 aromatic heterocycles. The van der Waals surface area contributed by atoms with Gasteiger partial charge in [-0.3, -0.25) is 24.5 Å². The van der Waals surface area contributed by atoms with Crippen LogP contribution in [0.25, 0.3) is 0 Å².